The van der Waals surface area contributed by atoms with Crippen LogP contribution >= 0.6 is 15.9 Å². The molecule has 1 aromatic heterocycles. The van der Waals surface area contributed by atoms with Gasteiger partial charge in [-0.05, 0) is 36.1 Å². The summed E-state index contributed by atoms with van der Waals surface area (Å²) >= 11 is 3.50. The molecule has 1 aromatic carbocycles. The maximum atomic E-state index is 12.5. The maximum Gasteiger partial charge on any atom is 0.146 e. The molecule has 0 radical (unpaired) electrons. The number of aromatic nitrogens is 1. The van der Waals surface area contributed by atoms with Crippen molar-refractivity contribution in [2.24, 2.45) is 0 Å². The highest BCUT2D eigenvalue weighted by Gasteiger charge is 2.29. The summed E-state index contributed by atoms with van der Waals surface area (Å²) in [6.45, 7) is 0. The van der Waals surface area contributed by atoms with Crippen LogP contribution in [-0.4, -0.2) is 10.8 Å². The molecule has 0 bridgehead atoms. The molecule has 3 heteroatoms. The molecule has 0 fully saturated rings. The van der Waals surface area contributed by atoms with Gasteiger partial charge in [0.25, 0.3) is 0 Å². The Labute approximate surface area is 121 Å². The standard InChI is InChI=1S/C16H14BrNO/c17-14-6-2-1-4-12(14)10-15(19)13-8-7-11-5-3-9-18-16(11)13/h1-6,9,13H,7-8,10H2. The van der Waals surface area contributed by atoms with E-state index in [9.17, 15) is 4.79 Å². The van der Waals surface area contributed by atoms with Crippen molar-refractivity contribution >= 4 is 21.7 Å². The Morgan fingerprint density at radius 1 is 1.26 bits per heavy atom. The van der Waals surface area contributed by atoms with Gasteiger partial charge in [-0.3, -0.25) is 9.78 Å². The average molecular weight is 316 g/mol. The van der Waals surface area contributed by atoms with E-state index >= 15 is 0 Å². The van der Waals surface area contributed by atoms with E-state index in [1.165, 1.54) is 5.56 Å². The Kier molecular flexibility index (Phi) is 3.47. The van der Waals surface area contributed by atoms with Crippen molar-refractivity contribution in [3.63, 3.8) is 0 Å². The van der Waals surface area contributed by atoms with E-state index < -0.39 is 0 Å². The minimum Gasteiger partial charge on any atom is -0.299 e. The van der Waals surface area contributed by atoms with Crippen LogP contribution in [0.15, 0.2) is 47.1 Å². The van der Waals surface area contributed by atoms with Crippen LogP contribution in [0.4, 0.5) is 0 Å². The molecule has 96 valence electrons. The van der Waals surface area contributed by atoms with Gasteiger partial charge in [-0.2, -0.15) is 0 Å². The molecule has 0 N–H and O–H groups in total. The number of carbonyl (C=O) groups is 1. The second-order valence-electron chi connectivity index (χ2n) is 4.87. The molecule has 19 heavy (non-hydrogen) atoms. The van der Waals surface area contributed by atoms with Crippen LogP contribution in [0.2, 0.25) is 0 Å². The molecule has 1 heterocycles. The first-order chi connectivity index (χ1) is 9.25. The van der Waals surface area contributed by atoms with Crippen molar-refractivity contribution in [3.05, 3.63) is 63.9 Å². The molecule has 1 atom stereocenters. The molecular weight excluding hydrogens is 302 g/mol. The number of fused-ring (bicyclic) bond motifs is 1. The molecular formula is C16H14BrNO. The first kappa shape index (κ1) is 12.5. The summed E-state index contributed by atoms with van der Waals surface area (Å²) in [5, 5.41) is 0. The molecule has 1 aliphatic carbocycles. The lowest BCUT2D eigenvalue weighted by Crippen LogP contribution is -2.13. The zero-order chi connectivity index (χ0) is 13.2. The van der Waals surface area contributed by atoms with Crippen LogP contribution < -0.4 is 0 Å². The SMILES string of the molecule is O=C(Cc1ccccc1Br)C1CCc2cccnc21. The van der Waals surface area contributed by atoms with Gasteiger partial charge in [-0.15, -0.1) is 0 Å². The van der Waals surface area contributed by atoms with Crippen molar-refractivity contribution in [3.8, 4) is 0 Å². The summed E-state index contributed by atoms with van der Waals surface area (Å²) in [5.74, 6) is 0.243. The monoisotopic (exact) mass is 315 g/mol. The highest BCUT2D eigenvalue weighted by Crippen LogP contribution is 2.33. The fourth-order valence-corrected chi connectivity index (χ4v) is 3.10. The summed E-state index contributed by atoms with van der Waals surface area (Å²) in [6.07, 6.45) is 4.12. The summed E-state index contributed by atoms with van der Waals surface area (Å²) in [5.41, 5.74) is 3.27. The summed E-state index contributed by atoms with van der Waals surface area (Å²) in [7, 11) is 0. The van der Waals surface area contributed by atoms with Crippen LogP contribution in [-0.2, 0) is 17.6 Å². The molecule has 0 aliphatic heterocycles. The summed E-state index contributed by atoms with van der Waals surface area (Å²) < 4.78 is 1.00. The van der Waals surface area contributed by atoms with E-state index in [4.69, 9.17) is 0 Å². The third kappa shape index (κ3) is 2.47. The lowest BCUT2D eigenvalue weighted by Gasteiger charge is -2.10. The number of ketones is 1. The molecule has 0 saturated heterocycles. The van der Waals surface area contributed by atoms with E-state index in [-0.39, 0.29) is 11.7 Å². The highest BCUT2D eigenvalue weighted by atomic mass is 79.9. The predicted octanol–water partition coefficient (Wildman–Crippen LogP) is 3.69. The quantitative estimate of drug-likeness (QED) is 0.864. The minimum atomic E-state index is -0.0247. The molecule has 0 saturated carbocycles. The van der Waals surface area contributed by atoms with E-state index in [1.54, 1.807) is 6.20 Å². The number of hydrogen-bond acceptors (Lipinski definition) is 2. The zero-order valence-electron chi connectivity index (χ0n) is 10.5. The van der Waals surface area contributed by atoms with Gasteiger partial charge < -0.3 is 0 Å². The largest absolute Gasteiger partial charge is 0.299 e. The summed E-state index contributed by atoms with van der Waals surface area (Å²) in [4.78, 5) is 16.9. The van der Waals surface area contributed by atoms with Crippen molar-refractivity contribution in [1.29, 1.82) is 0 Å². The Morgan fingerprint density at radius 2 is 2.11 bits per heavy atom. The third-order valence-corrected chi connectivity index (χ3v) is 4.44. The van der Waals surface area contributed by atoms with Gasteiger partial charge in [0, 0.05) is 17.1 Å². The van der Waals surface area contributed by atoms with Gasteiger partial charge in [0.1, 0.15) is 5.78 Å². The Balaban J connectivity index is 1.81. The number of benzene rings is 1. The second kappa shape index (κ2) is 5.25. The molecule has 1 unspecified atom stereocenters. The highest BCUT2D eigenvalue weighted by molar-refractivity contribution is 9.10. The average Bonchev–Trinajstić information content (AvgIpc) is 2.85. The molecule has 2 nitrogen and oxygen atoms in total. The number of nitrogens with zero attached hydrogens (tertiary/aromatic N) is 1. The lowest BCUT2D eigenvalue weighted by molar-refractivity contribution is -0.119. The number of carbonyl (C=O) groups excluding carboxylic acids is 1. The Morgan fingerprint density at radius 3 is 2.95 bits per heavy atom. The van der Waals surface area contributed by atoms with Gasteiger partial charge in [-0.1, -0.05) is 40.2 Å². The third-order valence-electron chi connectivity index (χ3n) is 3.67. The van der Waals surface area contributed by atoms with E-state index in [2.05, 4.69) is 27.0 Å². The van der Waals surface area contributed by atoms with Crippen LogP contribution in [0.1, 0.15) is 29.2 Å². The lowest BCUT2D eigenvalue weighted by atomic mass is 9.95. The number of Topliss-reactive ketones (excluding diaryl/α,β-unsaturated/α-hetero) is 1. The smallest absolute Gasteiger partial charge is 0.146 e. The van der Waals surface area contributed by atoms with E-state index in [0.717, 1.165) is 28.6 Å². The van der Waals surface area contributed by atoms with Crippen LogP contribution in [0.3, 0.4) is 0 Å². The molecule has 1 aliphatic rings. The van der Waals surface area contributed by atoms with Gasteiger partial charge in [0.15, 0.2) is 0 Å². The topological polar surface area (TPSA) is 30.0 Å². The van der Waals surface area contributed by atoms with Crippen molar-refractivity contribution in [1.82, 2.24) is 4.98 Å². The maximum absolute atomic E-state index is 12.5. The van der Waals surface area contributed by atoms with Crippen molar-refractivity contribution < 1.29 is 4.79 Å². The fraction of sp³-hybridized carbons (Fsp3) is 0.250. The van der Waals surface area contributed by atoms with Gasteiger partial charge in [0.05, 0.1) is 11.6 Å². The Hall–Kier alpha value is -1.48. The first-order valence-electron chi connectivity index (χ1n) is 6.45. The predicted molar refractivity (Wildman–Crippen MR) is 78.2 cm³/mol. The number of hydrogen-bond donors (Lipinski definition) is 0. The van der Waals surface area contributed by atoms with Gasteiger partial charge >= 0.3 is 0 Å². The first-order valence-corrected chi connectivity index (χ1v) is 7.25. The molecule has 0 amide bonds. The molecule has 0 spiro atoms. The number of pyridine rings is 1. The zero-order valence-corrected chi connectivity index (χ0v) is 12.1. The number of halogens is 1. The number of rotatable bonds is 3. The van der Waals surface area contributed by atoms with Crippen LogP contribution in [0.25, 0.3) is 0 Å². The van der Waals surface area contributed by atoms with Gasteiger partial charge in [0.2, 0.25) is 0 Å². The van der Waals surface area contributed by atoms with Crippen molar-refractivity contribution in [2.45, 2.75) is 25.2 Å². The van der Waals surface area contributed by atoms with E-state index in [1.807, 2.05) is 30.3 Å². The fourth-order valence-electron chi connectivity index (χ4n) is 2.68. The van der Waals surface area contributed by atoms with E-state index in [0.29, 0.717) is 6.42 Å². The van der Waals surface area contributed by atoms with Crippen LogP contribution in [0.5, 0.6) is 0 Å². The van der Waals surface area contributed by atoms with Crippen LogP contribution in [0, 0.1) is 0 Å². The normalized spacial score (nSPS) is 17.2. The molecule has 2 aromatic rings. The van der Waals surface area contributed by atoms with Gasteiger partial charge in [-0.25, -0.2) is 0 Å². The molecule has 3 rings (SSSR count). The number of aryl methyl sites for hydroxylation is 1. The summed E-state index contributed by atoms with van der Waals surface area (Å²) in [6, 6.07) is 11.9. The Bertz CT molecular complexity index is 624. The second-order valence-corrected chi connectivity index (χ2v) is 5.73. The minimum absolute atomic E-state index is 0.0247. The van der Waals surface area contributed by atoms with Crippen molar-refractivity contribution in [2.75, 3.05) is 0 Å².